The van der Waals surface area contributed by atoms with Crippen LogP contribution in [-0.4, -0.2) is 431 Å². The van der Waals surface area contributed by atoms with E-state index < -0.39 is 221 Å². The van der Waals surface area contributed by atoms with Crippen LogP contribution in [0.5, 0.6) is 0 Å². The Morgan fingerprint density at radius 3 is 1.30 bits per heavy atom. The second kappa shape index (κ2) is 92.3. The highest BCUT2D eigenvalue weighted by Gasteiger charge is 2.54. The summed E-state index contributed by atoms with van der Waals surface area (Å²) < 4.78 is 119. The van der Waals surface area contributed by atoms with Crippen LogP contribution in [0.3, 0.4) is 0 Å². The molecule has 30 unspecified atom stereocenters. The summed E-state index contributed by atoms with van der Waals surface area (Å²) in [6.07, 6.45) is -18.0. The van der Waals surface area contributed by atoms with Crippen molar-refractivity contribution in [2.24, 2.45) is 22.8 Å². The van der Waals surface area contributed by atoms with Gasteiger partial charge in [0.15, 0.2) is 67.9 Å². The first-order chi connectivity index (χ1) is 64.6. The molecular weight excluding hydrogens is 1920 g/mol. The number of unbranched alkanes of at least 4 members (excludes halogenated alkanes) is 2. The summed E-state index contributed by atoms with van der Waals surface area (Å²) in [4.78, 5) is 103. The van der Waals surface area contributed by atoms with E-state index in [2.05, 4.69) is 36.4 Å². The molecule has 6 heterocycles. The summed E-state index contributed by atoms with van der Waals surface area (Å²) in [7, 11) is 14.5. The highest BCUT2D eigenvalue weighted by molar-refractivity contribution is 5.84. The number of hydrogen-bond donors (Lipinski definition) is 13. The van der Waals surface area contributed by atoms with E-state index in [9.17, 15) is 84.0 Å². The number of hydrogen-bond acceptors (Lipinski definition) is 45. The summed E-state index contributed by atoms with van der Waals surface area (Å²) >= 11 is 0. The number of ketones is 4. The number of likely N-dealkylation sites (N-methyl/N-ethyl adjacent to an activating group) is 2. The van der Waals surface area contributed by atoms with E-state index in [1.165, 1.54) is 90.4 Å². The average molecular weight is 2140 g/mol. The number of ether oxygens (including phenoxy) is 22. The third-order valence-corrected chi connectivity index (χ3v) is 22.4. The predicted molar refractivity (Wildman–Crippen MR) is 555 cm³/mol. The zero-order valence-electron chi connectivity index (χ0n) is 86.0. The highest BCUT2D eigenvalue weighted by Crippen LogP contribution is 2.38. The van der Waals surface area contributed by atoms with E-state index in [0.29, 0.717) is 0 Å². The lowest BCUT2D eigenvalue weighted by atomic mass is 9.91. The van der Waals surface area contributed by atoms with Crippen LogP contribution in [0.25, 0.3) is 0 Å². The van der Waals surface area contributed by atoms with Crippen molar-refractivity contribution in [1.29, 1.82) is 0 Å². The molecule has 0 radical (unpaired) electrons. The molecule has 30 atom stereocenters. The lowest BCUT2D eigenvalue weighted by Crippen LogP contribution is -2.68. The molecule has 0 aromatic carbocycles. The Bertz CT molecular complexity index is 3220. The van der Waals surface area contributed by atoms with E-state index in [1.807, 2.05) is 41.7 Å². The molecule has 0 amide bonds. The van der Waals surface area contributed by atoms with Crippen LogP contribution in [0, 0.1) is 11.3 Å². The summed E-state index contributed by atoms with van der Waals surface area (Å²) in [5, 5.41) is 97.3. The Labute approximate surface area is 876 Å². The van der Waals surface area contributed by atoms with Crippen LogP contribution in [0.2, 0.25) is 0 Å². The maximum Gasteiger partial charge on any atom is 0.335 e. The van der Waals surface area contributed by atoms with Gasteiger partial charge in [-0.25, -0.2) is 4.79 Å². The molecule has 0 spiro atoms. The van der Waals surface area contributed by atoms with Gasteiger partial charge in [0.1, 0.15) is 85.0 Å². The van der Waals surface area contributed by atoms with Crippen molar-refractivity contribution in [2.45, 2.75) is 446 Å². The number of aliphatic hydroxyl groups excluding tert-OH is 9. The maximum atomic E-state index is 12.2. The van der Waals surface area contributed by atoms with Gasteiger partial charge in [-0.2, -0.15) is 0 Å². The number of nitrogens with zero attached hydrogens (tertiary/aromatic N) is 1. The van der Waals surface area contributed by atoms with E-state index >= 15 is 0 Å². The molecule has 6 aliphatic rings. The van der Waals surface area contributed by atoms with E-state index in [1.54, 1.807) is 35.0 Å². The standard InChI is InChI=1S/C28H44O15.C21H40N2O13.C9H23N3.C8H14O4.C8H16O3.C8H16O2.C6H12O2.C4H10O.9CH4/c1-13(30)7-19-21(42-28-24(38-16(4)33)10-18(35-5)25(12-29)43-28)9-17(34)26(39-19)40-22-11-23(37-15(3)32)27(36-6)41-20(22)8-14(2)31;1-7-13(27)16(30-2)8(4-24)32-19(7)35-17-10(6-26)34-21(12(23)15(17)29)36-18-9(5-25)33-20(31-3)11(22)14(18)28;1-4-5-11-7-9-12(3)8-6-10-2;1-5(9)6(2)12-8(10)7(3)11-4;1-4-8(2,3)7(10)11-6-5-9;1-8(9)6-4-3-5-7-10-2;1-4-5(2)8-6(3)7;1-3-4-5-2;;;;;;;;;/h17-29,34H,7-12H2,1-6H3;7-21,24-29H,4-6,22-23H2,1-3H3;10-11H,4-9H2,1-3H3;6-7H,1-4H3;9H,4-6H2,1-3H3;3-7H2,1-2H3;5H,4H2,1-3H3;3-4H2,1-2H3;9*1H4. The van der Waals surface area contributed by atoms with Crippen LogP contribution in [0.1, 0.15) is 268 Å². The minimum Gasteiger partial charge on any atom is -0.463 e. The van der Waals surface area contributed by atoms with Crippen LogP contribution >= 0.6 is 0 Å². The molecule has 6 saturated heterocycles. The molecule has 880 valence electrons. The number of nitrogens with one attached hydrogen (secondary N) is 2. The Balaban J connectivity index is -0.000000175. The minimum absolute atomic E-state index is 0. The summed E-state index contributed by atoms with van der Waals surface area (Å²) in [5.74, 6) is -3.02. The minimum atomic E-state index is -1.45. The van der Waals surface area contributed by atoms with Crippen molar-refractivity contribution in [1.82, 2.24) is 15.5 Å². The molecule has 45 nitrogen and oxygen atoms in total. The van der Waals surface area contributed by atoms with Gasteiger partial charge < -0.3 is 182 Å². The van der Waals surface area contributed by atoms with Crippen LogP contribution in [0.4, 0.5) is 0 Å². The first kappa shape index (κ1) is 163. The van der Waals surface area contributed by atoms with Crippen molar-refractivity contribution in [3.63, 3.8) is 0 Å². The van der Waals surface area contributed by atoms with Gasteiger partial charge in [-0.1, -0.05) is 108 Å². The Morgan fingerprint density at radius 2 is 0.897 bits per heavy atom. The zero-order chi connectivity index (χ0) is 105. The molecule has 0 aliphatic carbocycles. The second-order valence-electron chi connectivity index (χ2n) is 34.5. The second-order valence-corrected chi connectivity index (χ2v) is 34.5. The number of nitrogens with two attached hydrogens (primary N) is 2. The van der Waals surface area contributed by atoms with Gasteiger partial charge >= 0.3 is 29.8 Å². The first-order valence-corrected chi connectivity index (χ1v) is 47.0. The predicted octanol–water partition coefficient (Wildman–Crippen LogP) is 6.42. The van der Waals surface area contributed by atoms with Crippen molar-refractivity contribution in [3.8, 4) is 0 Å². The molecule has 0 aromatic heterocycles. The van der Waals surface area contributed by atoms with Gasteiger partial charge in [0.05, 0.1) is 93.3 Å². The van der Waals surface area contributed by atoms with Gasteiger partial charge in [0, 0.05) is 154 Å². The zero-order valence-corrected chi connectivity index (χ0v) is 86.0. The first-order valence-electron chi connectivity index (χ1n) is 47.0. The van der Waals surface area contributed by atoms with Gasteiger partial charge in [0.25, 0.3) is 0 Å². The number of esters is 5. The van der Waals surface area contributed by atoms with Gasteiger partial charge in [0.2, 0.25) is 0 Å². The van der Waals surface area contributed by atoms with Gasteiger partial charge in [-0.15, -0.1) is 0 Å². The topological polar surface area (TPSA) is 618 Å². The molecule has 45 heteroatoms. The highest BCUT2D eigenvalue weighted by atomic mass is 16.8. The van der Waals surface area contributed by atoms with Crippen LogP contribution in [0.15, 0.2) is 0 Å². The monoisotopic (exact) mass is 2130 g/mol. The number of Topliss-reactive ketones (excluding diaryl/α,β-unsaturated/α-hetero) is 4. The van der Waals surface area contributed by atoms with E-state index in [4.69, 9.17) is 121 Å². The third kappa shape index (κ3) is 64.1. The fraction of sp³-hybridized carbons (Fsp3) is 0.911. The summed E-state index contributed by atoms with van der Waals surface area (Å²) in [5.41, 5.74) is 11.7. The molecule has 6 rings (SSSR count). The fourth-order valence-corrected chi connectivity index (χ4v) is 13.7. The van der Waals surface area contributed by atoms with Crippen LogP contribution in [-0.2, 0) is 147 Å². The lowest BCUT2D eigenvalue weighted by molar-refractivity contribution is -0.354. The van der Waals surface area contributed by atoms with E-state index in [-0.39, 0.29) is 160 Å². The maximum absolute atomic E-state index is 12.2. The Hall–Kier alpha value is -5.21. The molecule has 0 aromatic rings. The SMILES string of the molecule is C.C.C.C.C.C.C.C.C.CCC(C)(C)C(=O)OCCO.CCC(C)OC(C)=O.CCCNCCN(C)CCNC.CCCOC.COC(C)C(=O)OC(C)C(C)=O.COC1CC(OC(C)=O)C(OC2CC(O)C(OC3CC(OC(C)=O)C(OC)OC3CC(C)=O)OC2CC(C)=O)OC1CO.COC1OC(CO)C(OC2OC(CO)C(OC3OC(CO)C(OC)C(O)C3C)C(O)C2N)C(O)C1N.COCCCCCC(C)=O. The fourth-order valence-electron chi connectivity index (χ4n) is 13.7. The van der Waals surface area contributed by atoms with Crippen molar-refractivity contribution >= 4 is 53.0 Å². The van der Waals surface area contributed by atoms with Gasteiger partial charge in [-0.3, -0.25) is 33.6 Å². The van der Waals surface area contributed by atoms with Gasteiger partial charge in [-0.05, 0) is 121 Å². The molecule has 6 aliphatic heterocycles. The Morgan fingerprint density at radius 1 is 0.452 bits per heavy atom. The average Bonchev–Trinajstić information content (AvgIpc) is 0.790. The van der Waals surface area contributed by atoms with E-state index in [0.717, 1.165) is 90.9 Å². The Kier molecular flexibility index (Phi) is 103. The van der Waals surface area contributed by atoms with Crippen molar-refractivity contribution in [2.75, 3.05) is 149 Å². The lowest BCUT2D eigenvalue weighted by Gasteiger charge is -2.49. The molecule has 146 heavy (non-hydrogen) atoms. The summed E-state index contributed by atoms with van der Waals surface area (Å²) in [6, 6.07) is -2.24. The number of aliphatic hydroxyl groups is 9. The number of methoxy groups -OCH3 is 7. The van der Waals surface area contributed by atoms with Crippen molar-refractivity contribution < 1.29 is 193 Å². The largest absolute Gasteiger partial charge is 0.463 e. The normalized spacial score (nSPS) is 28.3. The third-order valence-electron chi connectivity index (χ3n) is 22.4. The van der Waals surface area contributed by atoms with Crippen molar-refractivity contribution in [3.05, 3.63) is 0 Å². The molecular formula is C101H211N5O40. The van der Waals surface area contributed by atoms with Crippen LogP contribution < -0.4 is 22.1 Å². The summed E-state index contributed by atoms with van der Waals surface area (Å²) in [6.45, 7) is 33.4. The molecule has 6 fully saturated rings. The molecule has 0 bridgehead atoms. The smallest absolute Gasteiger partial charge is 0.335 e. The molecule has 15 N–H and O–H groups in total. The number of carbonyl (C=O) groups excluding carboxylic acids is 9. The number of rotatable bonds is 48. The number of carbonyl (C=O) groups is 9. The quantitative estimate of drug-likeness (QED) is 0.0178. The molecule has 0 saturated carbocycles.